The van der Waals surface area contributed by atoms with E-state index < -0.39 is 18.0 Å². The number of esters is 2. The first kappa shape index (κ1) is 30.2. The van der Waals surface area contributed by atoms with Gasteiger partial charge in [0.2, 0.25) is 0 Å². The number of carbonyl (C=O) groups excluding carboxylic acids is 2. The number of benzene rings is 2. The van der Waals surface area contributed by atoms with Gasteiger partial charge in [-0.15, -0.1) is 0 Å². The topological polar surface area (TPSA) is 71.1 Å². The summed E-state index contributed by atoms with van der Waals surface area (Å²) in [7, 11) is 0. The third-order valence-electron chi connectivity index (χ3n) is 6.24. The van der Waals surface area contributed by atoms with Crippen molar-refractivity contribution in [3.8, 4) is 17.2 Å². The highest BCUT2D eigenvalue weighted by Gasteiger charge is 2.17. The van der Waals surface area contributed by atoms with Crippen LogP contribution < -0.4 is 14.2 Å². The summed E-state index contributed by atoms with van der Waals surface area (Å²) in [6.07, 6.45) is 10.3. The summed E-state index contributed by atoms with van der Waals surface area (Å²) in [6.45, 7) is 9.03. The van der Waals surface area contributed by atoms with E-state index in [1.165, 1.54) is 44.9 Å². The number of rotatable bonds is 18. The Balaban J connectivity index is 1.70. The van der Waals surface area contributed by atoms with E-state index in [0.29, 0.717) is 36.2 Å². The lowest BCUT2D eigenvalue weighted by molar-refractivity contribution is -0.152. The molecule has 0 aromatic heterocycles. The van der Waals surface area contributed by atoms with Crippen molar-refractivity contribution in [1.82, 2.24) is 0 Å². The van der Waals surface area contributed by atoms with Crippen LogP contribution in [0.25, 0.3) is 0 Å². The largest absolute Gasteiger partial charge is 0.494 e. The SMILES string of the molecule is CCCCCCCCCCOc1ccc(C(=O)Oc2ccc(O[C@@H](C)C(=O)OC[C@@H](C)CC)cc2)cc1. The molecule has 0 radical (unpaired) electrons. The molecule has 0 N–H and O–H groups in total. The molecule has 6 nitrogen and oxygen atoms in total. The zero-order chi connectivity index (χ0) is 26.9. The number of unbranched alkanes of at least 4 members (excludes halogenated alkanes) is 7. The molecule has 0 fully saturated rings. The Bertz CT molecular complexity index is 906. The molecule has 0 spiro atoms. The van der Waals surface area contributed by atoms with Gasteiger partial charge in [-0.1, -0.05) is 72.1 Å². The molecule has 6 heteroatoms. The molecule has 0 aliphatic carbocycles. The first-order chi connectivity index (χ1) is 17.9. The normalized spacial score (nSPS) is 12.4. The molecule has 0 heterocycles. The summed E-state index contributed by atoms with van der Waals surface area (Å²) in [5.74, 6) is 1.09. The number of hydrogen-bond acceptors (Lipinski definition) is 6. The van der Waals surface area contributed by atoms with E-state index in [1.807, 2.05) is 6.92 Å². The summed E-state index contributed by atoms with van der Waals surface area (Å²) in [5, 5.41) is 0. The van der Waals surface area contributed by atoms with Gasteiger partial charge in [-0.05, 0) is 67.8 Å². The van der Waals surface area contributed by atoms with Gasteiger partial charge in [-0.25, -0.2) is 9.59 Å². The fraction of sp³-hybridized carbons (Fsp3) is 0.548. The molecule has 37 heavy (non-hydrogen) atoms. The Morgan fingerprint density at radius 3 is 1.92 bits per heavy atom. The fourth-order valence-corrected chi connectivity index (χ4v) is 3.58. The van der Waals surface area contributed by atoms with Crippen LogP contribution in [-0.2, 0) is 9.53 Å². The maximum atomic E-state index is 12.5. The van der Waals surface area contributed by atoms with Gasteiger partial charge in [-0.3, -0.25) is 0 Å². The third kappa shape index (κ3) is 12.2. The smallest absolute Gasteiger partial charge is 0.347 e. The van der Waals surface area contributed by atoms with Crippen molar-refractivity contribution in [3.05, 3.63) is 54.1 Å². The average Bonchev–Trinajstić information content (AvgIpc) is 2.91. The fourth-order valence-electron chi connectivity index (χ4n) is 3.58. The van der Waals surface area contributed by atoms with Crippen LogP contribution in [-0.4, -0.2) is 31.3 Å². The minimum atomic E-state index is -0.728. The van der Waals surface area contributed by atoms with Crippen molar-refractivity contribution in [3.63, 3.8) is 0 Å². The second-order valence-electron chi connectivity index (χ2n) is 9.61. The highest BCUT2D eigenvalue weighted by atomic mass is 16.6. The summed E-state index contributed by atoms with van der Waals surface area (Å²) in [6, 6.07) is 13.6. The lowest BCUT2D eigenvalue weighted by Gasteiger charge is -2.16. The van der Waals surface area contributed by atoms with Crippen LogP contribution in [0.4, 0.5) is 0 Å². The van der Waals surface area contributed by atoms with Gasteiger partial charge in [0.25, 0.3) is 0 Å². The van der Waals surface area contributed by atoms with Gasteiger partial charge in [-0.2, -0.15) is 0 Å². The summed E-state index contributed by atoms with van der Waals surface area (Å²) < 4.78 is 22.2. The third-order valence-corrected chi connectivity index (χ3v) is 6.24. The van der Waals surface area contributed by atoms with E-state index in [4.69, 9.17) is 18.9 Å². The minimum absolute atomic E-state index is 0.313. The highest BCUT2D eigenvalue weighted by Crippen LogP contribution is 2.21. The van der Waals surface area contributed by atoms with Crippen molar-refractivity contribution in [2.45, 2.75) is 91.6 Å². The standard InChI is InChI=1S/C31H44O6/c1-5-7-8-9-10-11-12-13-22-34-27-16-14-26(15-17-27)31(33)37-29-20-18-28(19-21-29)36-25(4)30(32)35-23-24(3)6-2/h14-21,24-25H,5-13,22-23H2,1-4H3/t24-,25-/m0/s1. The second kappa shape index (κ2) is 17.4. The highest BCUT2D eigenvalue weighted by molar-refractivity contribution is 5.91. The van der Waals surface area contributed by atoms with Crippen LogP contribution in [0, 0.1) is 5.92 Å². The summed E-state index contributed by atoms with van der Waals surface area (Å²) in [4.78, 5) is 24.6. The van der Waals surface area contributed by atoms with E-state index in [0.717, 1.165) is 18.6 Å². The van der Waals surface area contributed by atoms with Crippen LogP contribution in [0.3, 0.4) is 0 Å². The van der Waals surface area contributed by atoms with Crippen molar-refractivity contribution in [2.75, 3.05) is 13.2 Å². The van der Waals surface area contributed by atoms with E-state index in [-0.39, 0.29) is 0 Å². The summed E-state index contributed by atoms with van der Waals surface area (Å²) in [5.41, 5.74) is 0.442. The van der Waals surface area contributed by atoms with Gasteiger partial charge in [0, 0.05) is 0 Å². The zero-order valence-electron chi connectivity index (χ0n) is 23.0. The Morgan fingerprint density at radius 2 is 1.30 bits per heavy atom. The molecule has 0 saturated carbocycles. The molecule has 0 saturated heterocycles. The van der Waals surface area contributed by atoms with Crippen molar-refractivity contribution >= 4 is 11.9 Å². The molecule has 2 aromatic carbocycles. The van der Waals surface area contributed by atoms with E-state index >= 15 is 0 Å². The van der Waals surface area contributed by atoms with Crippen molar-refractivity contribution < 1.29 is 28.5 Å². The Labute approximate surface area is 222 Å². The predicted octanol–water partition coefficient (Wildman–Crippen LogP) is 7.78. The first-order valence-corrected chi connectivity index (χ1v) is 13.8. The maximum absolute atomic E-state index is 12.5. The summed E-state index contributed by atoms with van der Waals surface area (Å²) >= 11 is 0. The number of hydrogen-bond donors (Lipinski definition) is 0. The van der Waals surface area contributed by atoms with Gasteiger partial charge in [0.05, 0.1) is 18.8 Å². The lowest BCUT2D eigenvalue weighted by Crippen LogP contribution is -2.27. The Morgan fingerprint density at radius 1 is 0.730 bits per heavy atom. The van der Waals surface area contributed by atoms with Crippen molar-refractivity contribution in [1.29, 1.82) is 0 Å². The van der Waals surface area contributed by atoms with Crippen LogP contribution in [0.15, 0.2) is 48.5 Å². The van der Waals surface area contributed by atoms with Crippen LogP contribution >= 0.6 is 0 Å². The predicted molar refractivity (Wildman–Crippen MR) is 146 cm³/mol. The molecule has 0 unspecified atom stereocenters. The van der Waals surface area contributed by atoms with Crippen LogP contribution in [0.1, 0.15) is 95.8 Å². The van der Waals surface area contributed by atoms with Gasteiger partial charge < -0.3 is 18.9 Å². The molecular formula is C31H44O6. The van der Waals surface area contributed by atoms with E-state index in [2.05, 4.69) is 13.8 Å². The first-order valence-electron chi connectivity index (χ1n) is 13.8. The average molecular weight is 513 g/mol. The lowest BCUT2D eigenvalue weighted by atomic mass is 10.1. The number of carbonyl (C=O) groups is 2. The molecule has 204 valence electrons. The van der Waals surface area contributed by atoms with E-state index in [9.17, 15) is 9.59 Å². The molecule has 2 atom stereocenters. The molecule has 0 amide bonds. The van der Waals surface area contributed by atoms with Gasteiger partial charge in [0.1, 0.15) is 17.2 Å². The van der Waals surface area contributed by atoms with Gasteiger partial charge >= 0.3 is 11.9 Å². The van der Waals surface area contributed by atoms with E-state index in [1.54, 1.807) is 55.5 Å². The molecule has 2 rings (SSSR count). The second-order valence-corrected chi connectivity index (χ2v) is 9.61. The van der Waals surface area contributed by atoms with Crippen molar-refractivity contribution in [2.24, 2.45) is 5.92 Å². The van der Waals surface area contributed by atoms with Gasteiger partial charge in [0.15, 0.2) is 6.10 Å². The molecular weight excluding hydrogens is 468 g/mol. The van der Waals surface area contributed by atoms with Crippen LogP contribution in [0.5, 0.6) is 17.2 Å². The monoisotopic (exact) mass is 512 g/mol. The zero-order valence-corrected chi connectivity index (χ0v) is 23.0. The molecule has 0 bridgehead atoms. The molecule has 0 aliphatic heterocycles. The quantitative estimate of drug-likeness (QED) is 0.115. The maximum Gasteiger partial charge on any atom is 0.347 e. The number of ether oxygens (including phenoxy) is 4. The van der Waals surface area contributed by atoms with Crippen LogP contribution in [0.2, 0.25) is 0 Å². The molecule has 2 aromatic rings. The Kier molecular flexibility index (Phi) is 14.2. The minimum Gasteiger partial charge on any atom is -0.494 e. The Hall–Kier alpha value is -3.02. The molecule has 0 aliphatic rings.